The van der Waals surface area contributed by atoms with Gasteiger partial charge in [0, 0.05) is 6.08 Å². The number of unbranched alkanes of at least 4 members (excludes halogenated alkanes) is 1. The highest BCUT2D eigenvalue weighted by Gasteiger charge is 2.08. The van der Waals surface area contributed by atoms with Crippen LogP contribution in [0.5, 0.6) is 0 Å². The van der Waals surface area contributed by atoms with E-state index < -0.39 is 0 Å². The Bertz CT molecular complexity index is 161. The maximum atomic E-state index is 11.1. The normalized spacial score (nSPS) is 13.2. The van der Waals surface area contributed by atoms with E-state index >= 15 is 0 Å². The molecule has 0 aliphatic rings. The van der Waals surface area contributed by atoms with Crippen molar-refractivity contribution in [1.29, 1.82) is 0 Å². The number of esters is 1. The van der Waals surface area contributed by atoms with Gasteiger partial charge >= 0.3 is 5.97 Å². The van der Waals surface area contributed by atoms with Crippen LogP contribution in [0.1, 0.15) is 46.5 Å². The Morgan fingerprint density at radius 3 is 2.62 bits per heavy atom. The third kappa shape index (κ3) is 6.38. The first kappa shape index (κ1) is 12.2. The molecular weight excluding hydrogens is 164 g/mol. The van der Waals surface area contributed by atoms with Crippen LogP contribution in [0.3, 0.4) is 0 Å². The lowest BCUT2D eigenvalue weighted by Crippen LogP contribution is -2.15. The largest absolute Gasteiger partial charge is 0.459 e. The molecule has 1 atom stereocenters. The summed E-state index contributed by atoms with van der Waals surface area (Å²) in [7, 11) is 0. The van der Waals surface area contributed by atoms with Crippen LogP contribution in [0.15, 0.2) is 12.2 Å². The molecule has 0 aliphatic heterocycles. The second-order valence-corrected chi connectivity index (χ2v) is 3.11. The zero-order valence-corrected chi connectivity index (χ0v) is 8.88. The van der Waals surface area contributed by atoms with Crippen molar-refractivity contribution in [2.45, 2.75) is 52.6 Å². The molecule has 0 aromatic heterocycles. The molecule has 0 aromatic carbocycles. The van der Waals surface area contributed by atoms with Crippen molar-refractivity contribution >= 4 is 5.97 Å². The second-order valence-electron chi connectivity index (χ2n) is 3.11. The van der Waals surface area contributed by atoms with Crippen LogP contribution >= 0.6 is 0 Å². The summed E-state index contributed by atoms with van der Waals surface area (Å²) in [6.07, 6.45) is 7.44. The molecule has 76 valence electrons. The monoisotopic (exact) mass is 184 g/mol. The summed E-state index contributed by atoms with van der Waals surface area (Å²) < 4.78 is 5.22. The average Bonchev–Trinajstić information content (AvgIpc) is 2.12. The minimum atomic E-state index is -0.217. The van der Waals surface area contributed by atoms with Crippen molar-refractivity contribution in [3.8, 4) is 0 Å². The summed E-state index contributed by atoms with van der Waals surface area (Å²) in [4.78, 5) is 11.1. The Morgan fingerprint density at radius 2 is 2.15 bits per heavy atom. The van der Waals surface area contributed by atoms with Gasteiger partial charge in [0.05, 0.1) is 0 Å². The van der Waals surface area contributed by atoms with Crippen molar-refractivity contribution in [3.63, 3.8) is 0 Å². The van der Waals surface area contributed by atoms with Crippen molar-refractivity contribution < 1.29 is 9.53 Å². The molecule has 0 saturated carbocycles. The molecule has 0 bridgehead atoms. The number of hydrogen-bond acceptors (Lipinski definition) is 2. The number of ether oxygens (including phenoxy) is 1. The molecule has 0 spiro atoms. The molecular formula is C11H20O2. The van der Waals surface area contributed by atoms with Gasteiger partial charge in [0.15, 0.2) is 0 Å². The van der Waals surface area contributed by atoms with Gasteiger partial charge in [-0.15, -0.1) is 0 Å². The molecule has 0 amide bonds. The van der Waals surface area contributed by atoms with Crippen LogP contribution in [-0.4, -0.2) is 12.1 Å². The van der Waals surface area contributed by atoms with Gasteiger partial charge in [-0.25, -0.2) is 4.79 Å². The summed E-state index contributed by atoms with van der Waals surface area (Å²) in [5, 5.41) is 0. The predicted molar refractivity (Wildman–Crippen MR) is 54.5 cm³/mol. The van der Waals surface area contributed by atoms with Crippen LogP contribution < -0.4 is 0 Å². The van der Waals surface area contributed by atoms with Gasteiger partial charge in [0.25, 0.3) is 0 Å². The molecule has 0 fully saturated rings. The Balaban J connectivity index is 3.76. The average molecular weight is 184 g/mol. The van der Waals surface area contributed by atoms with Gasteiger partial charge in [-0.2, -0.15) is 0 Å². The number of allylic oxidation sites excluding steroid dienone is 1. The number of carbonyl (C=O) groups is 1. The van der Waals surface area contributed by atoms with Crippen molar-refractivity contribution in [2.24, 2.45) is 0 Å². The van der Waals surface area contributed by atoms with Crippen LogP contribution in [0.25, 0.3) is 0 Å². The van der Waals surface area contributed by atoms with Crippen LogP contribution in [0.4, 0.5) is 0 Å². The fourth-order valence-corrected chi connectivity index (χ4v) is 1.12. The molecule has 0 aromatic rings. The van der Waals surface area contributed by atoms with E-state index in [4.69, 9.17) is 4.74 Å². The first-order chi connectivity index (χ1) is 6.24. The van der Waals surface area contributed by atoms with Crippen LogP contribution in [0, 0.1) is 0 Å². The Kier molecular flexibility index (Phi) is 7.36. The number of carbonyl (C=O) groups excluding carboxylic acids is 1. The highest BCUT2D eigenvalue weighted by atomic mass is 16.5. The van der Waals surface area contributed by atoms with Gasteiger partial charge in [-0.3, -0.25) is 0 Å². The van der Waals surface area contributed by atoms with Gasteiger partial charge in [-0.05, 0) is 19.8 Å². The van der Waals surface area contributed by atoms with E-state index in [1.165, 1.54) is 6.08 Å². The molecule has 0 aliphatic carbocycles. The lowest BCUT2D eigenvalue weighted by Gasteiger charge is -2.14. The minimum Gasteiger partial charge on any atom is -0.459 e. The van der Waals surface area contributed by atoms with Crippen molar-refractivity contribution in [2.75, 3.05) is 0 Å². The fourth-order valence-electron chi connectivity index (χ4n) is 1.12. The topological polar surface area (TPSA) is 26.3 Å². The van der Waals surface area contributed by atoms with Gasteiger partial charge in [0.2, 0.25) is 0 Å². The third-order valence-corrected chi connectivity index (χ3v) is 1.92. The fraction of sp³-hybridized carbons (Fsp3) is 0.727. The van der Waals surface area contributed by atoms with E-state index in [2.05, 4.69) is 6.92 Å². The summed E-state index contributed by atoms with van der Waals surface area (Å²) in [5.41, 5.74) is 0. The third-order valence-electron chi connectivity index (χ3n) is 1.92. The summed E-state index contributed by atoms with van der Waals surface area (Å²) in [6.45, 7) is 6.00. The van der Waals surface area contributed by atoms with E-state index in [-0.39, 0.29) is 12.1 Å². The lowest BCUT2D eigenvalue weighted by molar-refractivity contribution is -0.143. The zero-order chi connectivity index (χ0) is 10.1. The number of hydrogen-bond donors (Lipinski definition) is 0. The maximum Gasteiger partial charge on any atom is 0.330 e. The molecule has 2 heteroatoms. The number of rotatable bonds is 6. The van der Waals surface area contributed by atoms with Crippen molar-refractivity contribution in [1.82, 2.24) is 0 Å². The van der Waals surface area contributed by atoms with E-state index in [1.807, 2.05) is 13.8 Å². The highest BCUT2D eigenvalue weighted by molar-refractivity contribution is 5.81. The second kappa shape index (κ2) is 7.84. The Morgan fingerprint density at radius 1 is 1.46 bits per heavy atom. The first-order valence-electron chi connectivity index (χ1n) is 5.07. The predicted octanol–water partition coefficient (Wildman–Crippen LogP) is 3.07. The maximum absolute atomic E-state index is 11.1. The summed E-state index contributed by atoms with van der Waals surface area (Å²) in [6, 6.07) is 0. The van der Waals surface area contributed by atoms with Crippen LogP contribution in [0.2, 0.25) is 0 Å². The van der Waals surface area contributed by atoms with Gasteiger partial charge in [0.1, 0.15) is 6.10 Å². The molecule has 2 nitrogen and oxygen atoms in total. The van der Waals surface area contributed by atoms with E-state index in [0.717, 1.165) is 25.7 Å². The standard InChI is InChI=1S/C11H20O2/c1-4-7-9-10(6-3)13-11(12)8-5-2/h5,8,10H,4,6-7,9H2,1-3H3/b8-5-. The minimum absolute atomic E-state index is 0.101. The first-order valence-corrected chi connectivity index (χ1v) is 5.07. The molecule has 13 heavy (non-hydrogen) atoms. The van der Waals surface area contributed by atoms with E-state index in [1.54, 1.807) is 6.08 Å². The summed E-state index contributed by atoms with van der Waals surface area (Å²) in [5.74, 6) is -0.217. The zero-order valence-electron chi connectivity index (χ0n) is 8.88. The molecule has 0 rings (SSSR count). The van der Waals surface area contributed by atoms with Gasteiger partial charge in [-0.1, -0.05) is 32.8 Å². The summed E-state index contributed by atoms with van der Waals surface area (Å²) >= 11 is 0. The molecule has 0 N–H and O–H groups in total. The van der Waals surface area contributed by atoms with Crippen molar-refractivity contribution in [3.05, 3.63) is 12.2 Å². The molecule has 0 saturated heterocycles. The van der Waals surface area contributed by atoms with Gasteiger partial charge < -0.3 is 4.74 Å². The van der Waals surface area contributed by atoms with E-state index in [9.17, 15) is 4.79 Å². The smallest absolute Gasteiger partial charge is 0.330 e. The highest BCUT2D eigenvalue weighted by Crippen LogP contribution is 2.08. The van der Waals surface area contributed by atoms with E-state index in [0.29, 0.717) is 0 Å². The lowest BCUT2D eigenvalue weighted by atomic mass is 10.1. The SMILES string of the molecule is C/C=C\C(=O)OC(CC)CCCC. The Hall–Kier alpha value is -0.790. The Labute approximate surface area is 81.0 Å². The molecule has 1 unspecified atom stereocenters. The molecule has 0 heterocycles. The van der Waals surface area contributed by atoms with Crippen LogP contribution in [-0.2, 0) is 9.53 Å². The quantitative estimate of drug-likeness (QED) is 0.468. The molecule has 0 radical (unpaired) electrons.